The first-order chi connectivity index (χ1) is 9.07. The molecule has 0 spiro atoms. The van der Waals surface area contributed by atoms with E-state index in [2.05, 4.69) is 38.1 Å². The van der Waals surface area contributed by atoms with Crippen LogP contribution in [0.25, 0.3) is 0 Å². The highest BCUT2D eigenvalue weighted by Crippen LogP contribution is 2.37. The van der Waals surface area contributed by atoms with Gasteiger partial charge in [-0.3, -0.25) is 4.79 Å². The van der Waals surface area contributed by atoms with Crippen LogP contribution < -0.4 is 0 Å². The van der Waals surface area contributed by atoms with E-state index in [9.17, 15) is 4.79 Å². The van der Waals surface area contributed by atoms with E-state index < -0.39 is 5.97 Å². The molecule has 3 nitrogen and oxygen atoms in total. The fourth-order valence-electron chi connectivity index (χ4n) is 2.55. The van der Waals surface area contributed by atoms with Crippen molar-refractivity contribution in [2.75, 3.05) is 13.2 Å². The van der Waals surface area contributed by atoms with Crippen molar-refractivity contribution in [2.45, 2.75) is 44.4 Å². The minimum atomic E-state index is -0.734. The van der Waals surface area contributed by atoms with Gasteiger partial charge in [0.1, 0.15) is 0 Å². The summed E-state index contributed by atoms with van der Waals surface area (Å²) in [5, 5.41) is 8.85. The Kier molecular flexibility index (Phi) is 4.25. The van der Waals surface area contributed by atoms with Gasteiger partial charge in [-0.15, -0.1) is 0 Å². The number of aliphatic carboxylic acids is 1. The summed E-state index contributed by atoms with van der Waals surface area (Å²) in [6, 6.07) is 8.63. The third-order valence-electron chi connectivity index (χ3n) is 4.28. The number of rotatable bonds is 6. The molecule has 1 fully saturated rings. The quantitative estimate of drug-likeness (QED) is 0.855. The normalized spacial score (nSPS) is 18.6. The average molecular weight is 262 g/mol. The molecule has 2 rings (SSSR count). The van der Waals surface area contributed by atoms with E-state index in [0.29, 0.717) is 25.6 Å². The highest BCUT2D eigenvalue weighted by molar-refractivity contribution is 5.67. The van der Waals surface area contributed by atoms with Crippen molar-refractivity contribution in [3.05, 3.63) is 35.4 Å². The van der Waals surface area contributed by atoms with E-state index in [1.807, 2.05) is 0 Å². The van der Waals surface area contributed by atoms with Gasteiger partial charge in [-0.05, 0) is 29.9 Å². The lowest BCUT2D eigenvalue weighted by molar-refractivity contribution is -0.139. The van der Waals surface area contributed by atoms with Crippen LogP contribution in [0.4, 0.5) is 0 Å². The summed E-state index contributed by atoms with van der Waals surface area (Å²) < 4.78 is 5.33. The molecule has 0 aromatic heterocycles. The van der Waals surface area contributed by atoms with Crippen molar-refractivity contribution >= 4 is 5.97 Å². The molecule has 1 N–H and O–H groups in total. The molecule has 1 aromatic carbocycles. The van der Waals surface area contributed by atoms with Crippen LogP contribution in [0.2, 0.25) is 0 Å². The van der Waals surface area contributed by atoms with Gasteiger partial charge in [0.15, 0.2) is 0 Å². The van der Waals surface area contributed by atoms with Crippen LogP contribution in [0, 0.1) is 0 Å². The Labute approximate surface area is 114 Å². The maximum Gasteiger partial charge on any atom is 0.303 e. The standard InChI is InChI=1S/C16H22O3/c1-3-12(2)13-4-6-14(7-5-13)16(10-19-11-16)9-8-15(17)18/h4-7,12H,3,8-11H2,1-2H3,(H,17,18). The molecule has 104 valence electrons. The summed E-state index contributed by atoms with van der Waals surface area (Å²) in [7, 11) is 0. The Morgan fingerprint density at radius 1 is 1.37 bits per heavy atom. The molecular weight excluding hydrogens is 240 g/mol. The topological polar surface area (TPSA) is 46.5 Å². The van der Waals surface area contributed by atoms with E-state index in [1.165, 1.54) is 11.1 Å². The molecule has 0 bridgehead atoms. The van der Waals surface area contributed by atoms with Crippen LogP contribution >= 0.6 is 0 Å². The summed E-state index contributed by atoms with van der Waals surface area (Å²) in [5.74, 6) is -0.163. The third-order valence-corrected chi connectivity index (χ3v) is 4.28. The molecule has 1 unspecified atom stereocenters. The fourth-order valence-corrected chi connectivity index (χ4v) is 2.55. The van der Waals surface area contributed by atoms with E-state index in [4.69, 9.17) is 9.84 Å². The van der Waals surface area contributed by atoms with E-state index in [0.717, 1.165) is 6.42 Å². The molecule has 1 saturated heterocycles. The van der Waals surface area contributed by atoms with Crippen LogP contribution in [0.5, 0.6) is 0 Å². The second-order valence-corrected chi connectivity index (χ2v) is 5.60. The van der Waals surface area contributed by atoms with Crippen molar-refractivity contribution < 1.29 is 14.6 Å². The number of hydrogen-bond donors (Lipinski definition) is 1. The van der Waals surface area contributed by atoms with Crippen LogP contribution in [-0.4, -0.2) is 24.3 Å². The molecule has 0 saturated carbocycles. The predicted octanol–water partition coefficient (Wildman–Crippen LogP) is 3.33. The van der Waals surface area contributed by atoms with Crippen LogP contribution in [-0.2, 0) is 14.9 Å². The van der Waals surface area contributed by atoms with Crippen LogP contribution in [0.3, 0.4) is 0 Å². The number of carboxylic acids is 1. The largest absolute Gasteiger partial charge is 0.481 e. The summed E-state index contributed by atoms with van der Waals surface area (Å²) in [6.07, 6.45) is 1.99. The van der Waals surface area contributed by atoms with E-state index >= 15 is 0 Å². The smallest absolute Gasteiger partial charge is 0.303 e. The minimum Gasteiger partial charge on any atom is -0.481 e. The Balaban J connectivity index is 2.12. The lowest BCUT2D eigenvalue weighted by Gasteiger charge is -2.42. The highest BCUT2D eigenvalue weighted by atomic mass is 16.5. The van der Waals surface area contributed by atoms with Gasteiger partial charge in [-0.25, -0.2) is 0 Å². The molecule has 1 atom stereocenters. The molecule has 1 aliphatic heterocycles. The zero-order valence-electron chi connectivity index (χ0n) is 11.7. The lowest BCUT2D eigenvalue weighted by atomic mass is 9.74. The monoisotopic (exact) mass is 262 g/mol. The SMILES string of the molecule is CCC(C)c1ccc(C2(CCC(=O)O)COC2)cc1. The molecule has 1 aromatic rings. The third kappa shape index (κ3) is 2.98. The summed E-state index contributed by atoms with van der Waals surface area (Å²) in [6.45, 7) is 5.69. The van der Waals surface area contributed by atoms with Gasteiger partial charge in [0.2, 0.25) is 0 Å². The Bertz CT molecular complexity index is 432. The van der Waals surface area contributed by atoms with Crippen molar-refractivity contribution in [3.63, 3.8) is 0 Å². The van der Waals surface area contributed by atoms with Crippen molar-refractivity contribution in [1.82, 2.24) is 0 Å². The minimum absolute atomic E-state index is 0.0770. The first-order valence-corrected chi connectivity index (χ1v) is 6.97. The van der Waals surface area contributed by atoms with Gasteiger partial charge in [0, 0.05) is 11.8 Å². The second kappa shape index (κ2) is 5.74. The van der Waals surface area contributed by atoms with E-state index in [1.54, 1.807) is 0 Å². The number of carboxylic acid groups (broad SMARTS) is 1. The molecule has 0 amide bonds. The summed E-state index contributed by atoms with van der Waals surface area (Å²) in [4.78, 5) is 10.8. The van der Waals surface area contributed by atoms with Crippen LogP contribution in [0.15, 0.2) is 24.3 Å². The zero-order valence-corrected chi connectivity index (χ0v) is 11.7. The fraction of sp³-hybridized carbons (Fsp3) is 0.562. The molecule has 3 heteroatoms. The maximum atomic E-state index is 10.8. The molecular formula is C16H22O3. The summed E-state index contributed by atoms with van der Waals surface area (Å²) in [5.41, 5.74) is 2.48. The van der Waals surface area contributed by atoms with Gasteiger partial charge in [-0.2, -0.15) is 0 Å². The first kappa shape index (κ1) is 14.1. The predicted molar refractivity (Wildman–Crippen MR) is 74.5 cm³/mol. The molecule has 0 aliphatic carbocycles. The number of benzene rings is 1. The number of ether oxygens (including phenoxy) is 1. The zero-order chi connectivity index (χ0) is 13.9. The maximum absolute atomic E-state index is 10.8. The van der Waals surface area contributed by atoms with Crippen LogP contribution in [0.1, 0.15) is 50.2 Å². The summed E-state index contributed by atoms with van der Waals surface area (Å²) >= 11 is 0. The van der Waals surface area contributed by atoms with Gasteiger partial charge >= 0.3 is 5.97 Å². The Hall–Kier alpha value is -1.35. The van der Waals surface area contributed by atoms with Gasteiger partial charge < -0.3 is 9.84 Å². The Morgan fingerprint density at radius 2 is 2.00 bits per heavy atom. The van der Waals surface area contributed by atoms with Gasteiger partial charge in [0.05, 0.1) is 13.2 Å². The molecule has 1 heterocycles. The van der Waals surface area contributed by atoms with Gasteiger partial charge in [-0.1, -0.05) is 38.1 Å². The number of hydrogen-bond acceptors (Lipinski definition) is 2. The second-order valence-electron chi connectivity index (χ2n) is 5.60. The van der Waals surface area contributed by atoms with Crippen molar-refractivity contribution in [1.29, 1.82) is 0 Å². The first-order valence-electron chi connectivity index (χ1n) is 6.97. The number of carbonyl (C=O) groups is 1. The molecule has 0 radical (unpaired) electrons. The van der Waals surface area contributed by atoms with Crippen molar-refractivity contribution in [3.8, 4) is 0 Å². The highest BCUT2D eigenvalue weighted by Gasteiger charge is 2.40. The Morgan fingerprint density at radius 3 is 2.42 bits per heavy atom. The average Bonchev–Trinajstić information content (AvgIpc) is 2.37. The molecule has 1 aliphatic rings. The lowest BCUT2D eigenvalue weighted by Crippen LogP contribution is -2.47. The van der Waals surface area contributed by atoms with E-state index in [-0.39, 0.29) is 11.8 Å². The van der Waals surface area contributed by atoms with Gasteiger partial charge in [0.25, 0.3) is 0 Å². The molecule has 19 heavy (non-hydrogen) atoms. The van der Waals surface area contributed by atoms with Crippen molar-refractivity contribution in [2.24, 2.45) is 0 Å².